The summed E-state index contributed by atoms with van der Waals surface area (Å²) in [6.45, 7) is 1.53. The van der Waals surface area contributed by atoms with Gasteiger partial charge in [0.25, 0.3) is 0 Å². The van der Waals surface area contributed by atoms with E-state index in [9.17, 15) is 4.79 Å². The van der Waals surface area contributed by atoms with E-state index in [1.165, 1.54) is 24.1 Å². The number of carbonyl (C=O) groups is 1. The summed E-state index contributed by atoms with van der Waals surface area (Å²) in [5, 5.41) is 7.16. The molecule has 2 atom stereocenters. The number of aromatic amines is 1. The number of aromatic nitrogens is 2. The van der Waals surface area contributed by atoms with Gasteiger partial charge in [-0.05, 0) is 25.7 Å². The average Bonchev–Trinajstić information content (AvgIpc) is 2.80. The van der Waals surface area contributed by atoms with Gasteiger partial charge in [-0.15, -0.1) is 0 Å². The fraction of sp³-hybridized carbons (Fsp3) is 0.750. The number of hydrogen-bond donors (Lipinski definition) is 2. The molecule has 0 bridgehead atoms. The van der Waals surface area contributed by atoms with Crippen molar-refractivity contribution in [3.63, 3.8) is 0 Å². The van der Waals surface area contributed by atoms with Crippen molar-refractivity contribution in [3.05, 3.63) is 17.5 Å². The molecule has 1 saturated carbocycles. The number of rotatable bonds is 1. The van der Waals surface area contributed by atoms with Crippen LogP contribution in [-0.4, -0.2) is 33.6 Å². The molecule has 5 nitrogen and oxygen atoms in total. The van der Waals surface area contributed by atoms with Crippen molar-refractivity contribution in [1.29, 1.82) is 0 Å². The standard InChI is InChI=1S/C16H26N4O/c17-14-7-4-2-1-3-6-13(14)16(21)20-9-5-8-15-12(11-20)10-18-19-15/h10,13-14H,1-9,11,17H2,(H,18,19). The zero-order chi connectivity index (χ0) is 14.7. The van der Waals surface area contributed by atoms with Gasteiger partial charge < -0.3 is 10.6 Å². The van der Waals surface area contributed by atoms with E-state index >= 15 is 0 Å². The third-order valence-corrected chi connectivity index (χ3v) is 4.97. The maximum Gasteiger partial charge on any atom is 0.227 e. The predicted molar refractivity (Wildman–Crippen MR) is 81.5 cm³/mol. The van der Waals surface area contributed by atoms with Gasteiger partial charge in [0.2, 0.25) is 5.91 Å². The van der Waals surface area contributed by atoms with Gasteiger partial charge in [-0.2, -0.15) is 5.10 Å². The minimum absolute atomic E-state index is 0.0127. The van der Waals surface area contributed by atoms with Crippen LogP contribution in [0, 0.1) is 5.92 Å². The predicted octanol–water partition coefficient (Wildman–Crippen LogP) is 1.98. The van der Waals surface area contributed by atoms with E-state index in [0.29, 0.717) is 6.54 Å². The van der Waals surface area contributed by atoms with Crippen molar-refractivity contribution >= 4 is 5.91 Å². The summed E-state index contributed by atoms with van der Waals surface area (Å²) in [4.78, 5) is 14.9. The van der Waals surface area contributed by atoms with Gasteiger partial charge in [0.15, 0.2) is 0 Å². The molecule has 1 aliphatic heterocycles. The number of H-pyrrole nitrogens is 1. The van der Waals surface area contributed by atoms with Gasteiger partial charge in [0, 0.05) is 30.4 Å². The molecule has 2 heterocycles. The number of nitrogens with zero attached hydrogens (tertiary/aromatic N) is 2. The molecular weight excluding hydrogens is 264 g/mol. The van der Waals surface area contributed by atoms with Gasteiger partial charge in [-0.25, -0.2) is 0 Å². The molecule has 5 heteroatoms. The highest BCUT2D eigenvalue weighted by molar-refractivity contribution is 5.79. The lowest BCUT2D eigenvalue weighted by molar-refractivity contribution is -0.137. The molecule has 1 amide bonds. The molecule has 0 saturated heterocycles. The highest BCUT2D eigenvalue weighted by Crippen LogP contribution is 2.25. The summed E-state index contributed by atoms with van der Waals surface area (Å²) in [5.41, 5.74) is 8.66. The third-order valence-electron chi connectivity index (χ3n) is 4.97. The Morgan fingerprint density at radius 1 is 1.24 bits per heavy atom. The number of carbonyl (C=O) groups excluding carboxylic acids is 1. The number of aryl methyl sites for hydroxylation is 1. The molecule has 3 N–H and O–H groups in total. The lowest BCUT2D eigenvalue weighted by Crippen LogP contribution is -2.44. The van der Waals surface area contributed by atoms with E-state index in [1.54, 1.807) is 0 Å². The van der Waals surface area contributed by atoms with E-state index in [-0.39, 0.29) is 17.9 Å². The SMILES string of the molecule is NC1CCCCCCC1C(=O)N1CCCc2[nH]ncc2C1. The fourth-order valence-electron chi connectivity index (χ4n) is 3.66. The number of amides is 1. The Labute approximate surface area is 126 Å². The van der Waals surface area contributed by atoms with Gasteiger partial charge in [0.05, 0.1) is 12.1 Å². The first-order valence-electron chi connectivity index (χ1n) is 8.31. The van der Waals surface area contributed by atoms with Crippen LogP contribution in [0.25, 0.3) is 0 Å². The first-order valence-corrected chi connectivity index (χ1v) is 8.31. The van der Waals surface area contributed by atoms with Crippen LogP contribution in [0.5, 0.6) is 0 Å². The molecule has 116 valence electrons. The molecule has 2 aliphatic rings. The summed E-state index contributed by atoms with van der Waals surface area (Å²) in [6, 6.07) is 0.0323. The Kier molecular flexibility index (Phi) is 4.58. The van der Waals surface area contributed by atoms with Crippen LogP contribution in [0.3, 0.4) is 0 Å². The zero-order valence-corrected chi connectivity index (χ0v) is 12.7. The summed E-state index contributed by atoms with van der Waals surface area (Å²) in [7, 11) is 0. The van der Waals surface area contributed by atoms with Gasteiger partial charge in [-0.1, -0.05) is 25.7 Å². The molecular formula is C16H26N4O. The molecule has 1 aromatic rings. The lowest BCUT2D eigenvalue weighted by Gasteiger charge is -2.31. The normalized spacial score (nSPS) is 27.4. The van der Waals surface area contributed by atoms with Gasteiger partial charge >= 0.3 is 0 Å². The Balaban J connectivity index is 1.71. The molecule has 1 aliphatic carbocycles. The largest absolute Gasteiger partial charge is 0.338 e. The first-order chi connectivity index (χ1) is 10.3. The molecule has 1 fully saturated rings. The monoisotopic (exact) mass is 290 g/mol. The van der Waals surface area contributed by atoms with Crippen molar-refractivity contribution in [1.82, 2.24) is 15.1 Å². The van der Waals surface area contributed by atoms with Crippen molar-refractivity contribution in [2.45, 2.75) is 64.0 Å². The Morgan fingerprint density at radius 3 is 2.90 bits per heavy atom. The van der Waals surface area contributed by atoms with Gasteiger partial charge in [-0.3, -0.25) is 9.89 Å². The van der Waals surface area contributed by atoms with Crippen molar-refractivity contribution in [3.8, 4) is 0 Å². The molecule has 3 rings (SSSR count). The minimum atomic E-state index is 0.0127. The summed E-state index contributed by atoms with van der Waals surface area (Å²) in [5.74, 6) is 0.275. The number of nitrogens with one attached hydrogen (secondary N) is 1. The van der Waals surface area contributed by atoms with E-state index in [1.807, 2.05) is 11.1 Å². The Bertz CT molecular complexity index is 484. The smallest absolute Gasteiger partial charge is 0.227 e. The van der Waals surface area contributed by atoms with Crippen LogP contribution in [0.4, 0.5) is 0 Å². The summed E-state index contributed by atoms with van der Waals surface area (Å²) >= 11 is 0. The first kappa shape index (κ1) is 14.6. The Hall–Kier alpha value is -1.36. The number of nitrogens with two attached hydrogens (primary N) is 1. The average molecular weight is 290 g/mol. The van der Waals surface area contributed by atoms with E-state index in [2.05, 4.69) is 10.2 Å². The van der Waals surface area contributed by atoms with Gasteiger partial charge in [0.1, 0.15) is 0 Å². The molecule has 0 radical (unpaired) electrons. The summed E-state index contributed by atoms with van der Waals surface area (Å²) < 4.78 is 0. The van der Waals surface area contributed by atoms with E-state index in [4.69, 9.17) is 5.73 Å². The van der Waals surface area contributed by atoms with Crippen molar-refractivity contribution in [2.24, 2.45) is 11.7 Å². The topological polar surface area (TPSA) is 75.0 Å². The summed E-state index contributed by atoms with van der Waals surface area (Å²) in [6.07, 6.45) is 10.6. The van der Waals surface area contributed by atoms with Crippen LogP contribution < -0.4 is 5.73 Å². The maximum absolute atomic E-state index is 12.9. The van der Waals surface area contributed by atoms with E-state index < -0.39 is 0 Å². The zero-order valence-electron chi connectivity index (χ0n) is 12.7. The van der Waals surface area contributed by atoms with Crippen LogP contribution in [0.15, 0.2) is 6.20 Å². The fourth-order valence-corrected chi connectivity index (χ4v) is 3.66. The van der Waals surface area contributed by atoms with Crippen LogP contribution in [0.2, 0.25) is 0 Å². The third kappa shape index (κ3) is 3.28. The highest BCUT2D eigenvalue weighted by Gasteiger charge is 2.31. The second-order valence-corrected chi connectivity index (χ2v) is 6.50. The van der Waals surface area contributed by atoms with E-state index in [0.717, 1.165) is 45.1 Å². The second kappa shape index (κ2) is 6.60. The minimum Gasteiger partial charge on any atom is -0.338 e. The Morgan fingerprint density at radius 2 is 2.05 bits per heavy atom. The van der Waals surface area contributed by atoms with Crippen molar-refractivity contribution in [2.75, 3.05) is 6.54 Å². The molecule has 21 heavy (non-hydrogen) atoms. The van der Waals surface area contributed by atoms with Crippen molar-refractivity contribution < 1.29 is 4.79 Å². The second-order valence-electron chi connectivity index (χ2n) is 6.50. The molecule has 2 unspecified atom stereocenters. The number of fused-ring (bicyclic) bond motifs is 1. The molecule has 0 aromatic carbocycles. The quantitative estimate of drug-likeness (QED) is 0.830. The molecule has 1 aromatic heterocycles. The van der Waals surface area contributed by atoms with Crippen LogP contribution >= 0.6 is 0 Å². The molecule has 0 spiro atoms. The maximum atomic E-state index is 12.9. The highest BCUT2D eigenvalue weighted by atomic mass is 16.2. The van der Waals surface area contributed by atoms with Crippen LogP contribution in [0.1, 0.15) is 56.2 Å². The van der Waals surface area contributed by atoms with Crippen LogP contribution in [-0.2, 0) is 17.8 Å². The number of hydrogen-bond acceptors (Lipinski definition) is 3. The lowest BCUT2D eigenvalue weighted by atomic mass is 9.86.